The zero-order chi connectivity index (χ0) is 11.1. The van der Waals surface area contributed by atoms with Gasteiger partial charge in [0.2, 0.25) is 0 Å². The highest BCUT2D eigenvalue weighted by Gasteiger charge is 1.97. The van der Waals surface area contributed by atoms with E-state index in [1.54, 1.807) is 7.11 Å². The maximum Gasteiger partial charge on any atom is 0.123 e. The Hall–Kier alpha value is -1.22. The number of hydrogen-bond donors (Lipinski definition) is 0. The van der Waals surface area contributed by atoms with Crippen LogP contribution in [0, 0.1) is 0 Å². The molecule has 0 heterocycles. The summed E-state index contributed by atoms with van der Waals surface area (Å²) in [5.41, 5.74) is 0. The van der Waals surface area contributed by atoms with Gasteiger partial charge in [0.25, 0.3) is 0 Å². The maximum atomic E-state index is 5.49. The molecule has 0 saturated heterocycles. The molecule has 0 N–H and O–H groups in total. The lowest BCUT2D eigenvalue weighted by Gasteiger charge is -2.09. The Morgan fingerprint density at radius 2 is 1.87 bits per heavy atom. The van der Waals surface area contributed by atoms with Crippen LogP contribution in [0.2, 0.25) is 0 Å². The molecule has 84 valence electrons. The van der Waals surface area contributed by atoms with Gasteiger partial charge in [0, 0.05) is 6.07 Å². The molecule has 1 aromatic carbocycles. The molecule has 0 spiro atoms. The average molecular weight is 210 g/mol. The number of methoxy groups -OCH3 is 1. The Morgan fingerprint density at radius 3 is 2.53 bits per heavy atom. The molecule has 1 rings (SSSR count). The Labute approximate surface area is 91.0 Å². The van der Waals surface area contributed by atoms with Crippen LogP contribution in [0.15, 0.2) is 24.3 Å². The molecule has 0 fully saturated rings. The minimum Gasteiger partial charge on any atom is -0.497 e. The minimum absolute atomic E-state index is 0.249. The van der Waals surface area contributed by atoms with Crippen molar-refractivity contribution in [1.82, 2.24) is 0 Å². The van der Waals surface area contributed by atoms with Crippen LogP contribution in [-0.2, 0) is 4.74 Å². The monoisotopic (exact) mass is 210 g/mol. The Balaban J connectivity index is 2.30. The molecule has 3 nitrogen and oxygen atoms in total. The molecule has 0 atom stereocenters. The second-order valence-corrected chi connectivity index (χ2v) is 3.45. The molecule has 0 aliphatic rings. The predicted octanol–water partition coefficient (Wildman–Crippen LogP) is 2.50. The third-order valence-electron chi connectivity index (χ3n) is 1.84. The van der Waals surface area contributed by atoms with Crippen molar-refractivity contribution < 1.29 is 14.2 Å². The summed E-state index contributed by atoms with van der Waals surface area (Å²) in [5, 5.41) is 0. The van der Waals surface area contributed by atoms with Crippen LogP contribution in [0.3, 0.4) is 0 Å². The molecular formula is C12H18O3. The van der Waals surface area contributed by atoms with Crippen LogP contribution in [0.1, 0.15) is 13.8 Å². The van der Waals surface area contributed by atoms with E-state index in [4.69, 9.17) is 14.2 Å². The molecular weight excluding hydrogens is 192 g/mol. The van der Waals surface area contributed by atoms with Gasteiger partial charge in [-0.2, -0.15) is 0 Å². The third-order valence-corrected chi connectivity index (χ3v) is 1.84. The summed E-state index contributed by atoms with van der Waals surface area (Å²) in [7, 11) is 1.64. The highest BCUT2D eigenvalue weighted by molar-refractivity contribution is 5.32. The van der Waals surface area contributed by atoms with Crippen molar-refractivity contribution in [2.24, 2.45) is 0 Å². The first kappa shape index (κ1) is 11.9. The van der Waals surface area contributed by atoms with Crippen LogP contribution in [0.4, 0.5) is 0 Å². The van der Waals surface area contributed by atoms with Gasteiger partial charge < -0.3 is 14.2 Å². The summed E-state index contributed by atoms with van der Waals surface area (Å²) < 4.78 is 15.9. The quantitative estimate of drug-likeness (QED) is 0.675. The van der Waals surface area contributed by atoms with Gasteiger partial charge in [0.1, 0.15) is 18.1 Å². The molecule has 1 aromatic rings. The van der Waals surface area contributed by atoms with Crippen LogP contribution >= 0.6 is 0 Å². The largest absolute Gasteiger partial charge is 0.497 e. The lowest BCUT2D eigenvalue weighted by atomic mass is 10.3. The van der Waals surface area contributed by atoms with Gasteiger partial charge in [-0.05, 0) is 26.0 Å². The number of ether oxygens (including phenoxy) is 3. The molecule has 0 aliphatic heterocycles. The number of hydrogen-bond acceptors (Lipinski definition) is 3. The second-order valence-electron chi connectivity index (χ2n) is 3.45. The van der Waals surface area contributed by atoms with E-state index in [-0.39, 0.29) is 6.10 Å². The maximum absolute atomic E-state index is 5.49. The first-order valence-electron chi connectivity index (χ1n) is 5.11. The molecule has 0 aromatic heterocycles. The molecule has 0 radical (unpaired) electrons. The first-order chi connectivity index (χ1) is 7.22. The van der Waals surface area contributed by atoms with E-state index >= 15 is 0 Å². The third kappa shape index (κ3) is 4.70. The molecule has 15 heavy (non-hydrogen) atoms. The fourth-order valence-electron chi connectivity index (χ4n) is 1.13. The lowest BCUT2D eigenvalue weighted by Crippen LogP contribution is -2.11. The van der Waals surface area contributed by atoms with Crippen LogP contribution in [0.25, 0.3) is 0 Å². The highest BCUT2D eigenvalue weighted by Crippen LogP contribution is 2.18. The van der Waals surface area contributed by atoms with E-state index in [1.165, 1.54) is 0 Å². The molecule has 0 unspecified atom stereocenters. The molecule has 3 heteroatoms. The zero-order valence-electron chi connectivity index (χ0n) is 9.53. The van der Waals surface area contributed by atoms with Gasteiger partial charge in [-0.1, -0.05) is 6.07 Å². The molecule has 0 aliphatic carbocycles. The van der Waals surface area contributed by atoms with Gasteiger partial charge in [-0.3, -0.25) is 0 Å². The van der Waals surface area contributed by atoms with E-state index in [2.05, 4.69) is 0 Å². The predicted molar refractivity (Wildman–Crippen MR) is 59.6 cm³/mol. The van der Waals surface area contributed by atoms with Crippen LogP contribution in [0.5, 0.6) is 11.5 Å². The summed E-state index contributed by atoms with van der Waals surface area (Å²) in [5.74, 6) is 1.61. The number of benzene rings is 1. The van der Waals surface area contributed by atoms with E-state index < -0.39 is 0 Å². The van der Waals surface area contributed by atoms with E-state index in [0.717, 1.165) is 11.5 Å². The number of rotatable bonds is 6. The second kappa shape index (κ2) is 6.30. The standard InChI is InChI=1S/C12H18O3/c1-10(2)14-7-8-15-12-6-4-5-11(9-12)13-3/h4-6,9-10H,7-8H2,1-3H3. The van der Waals surface area contributed by atoms with E-state index in [0.29, 0.717) is 13.2 Å². The van der Waals surface area contributed by atoms with Crippen molar-refractivity contribution in [3.63, 3.8) is 0 Å². The fourth-order valence-corrected chi connectivity index (χ4v) is 1.13. The minimum atomic E-state index is 0.249. The van der Waals surface area contributed by atoms with E-state index in [9.17, 15) is 0 Å². The Morgan fingerprint density at radius 1 is 1.13 bits per heavy atom. The van der Waals surface area contributed by atoms with Gasteiger partial charge in [0.15, 0.2) is 0 Å². The molecule has 0 amide bonds. The fraction of sp³-hybridized carbons (Fsp3) is 0.500. The summed E-state index contributed by atoms with van der Waals surface area (Å²) in [4.78, 5) is 0. The zero-order valence-corrected chi connectivity index (χ0v) is 9.53. The van der Waals surface area contributed by atoms with Crippen molar-refractivity contribution in [3.8, 4) is 11.5 Å². The van der Waals surface area contributed by atoms with Crippen LogP contribution in [-0.4, -0.2) is 26.4 Å². The van der Waals surface area contributed by atoms with Gasteiger partial charge in [0.05, 0.1) is 19.8 Å². The van der Waals surface area contributed by atoms with Crippen molar-refractivity contribution >= 4 is 0 Å². The topological polar surface area (TPSA) is 27.7 Å². The SMILES string of the molecule is COc1cccc(OCCOC(C)C)c1. The average Bonchev–Trinajstić information content (AvgIpc) is 2.24. The molecule has 0 saturated carbocycles. The van der Waals surface area contributed by atoms with Crippen molar-refractivity contribution in [1.29, 1.82) is 0 Å². The molecule has 0 bridgehead atoms. The van der Waals surface area contributed by atoms with Crippen molar-refractivity contribution in [2.75, 3.05) is 20.3 Å². The highest BCUT2D eigenvalue weighted by atomic mass is 16.5. The first-order valence-corrected chi connectivity index (χ1v) is 5.11. The van der Waals surface area contributed by atoms with Gasteiger partial charge >= 0.3 is 0 Å². The van der Waals surface area contributed by atoms with Gasteiger partial charge in [-0.25, -0.2) is 0 Å². The van der Waals surface area contributed by atoms with E-state index in [1.807, 2.05) is 38.1 Å². The van der Waals surface area contributed by atoms with Crippen LogP contribution < -0.4 is 9.47 Å². The summed E-state index contributed by atoms with van der Waals surface area (Å²) >= 11 is 0. The summed E-state index contributed by atoms with van der Waals surface area (Å²) in [6.07, 6.45) is 0.249. The Kier molecular flexibility index (Phi) is 4.98. The normalized spacial score (nSPS) is 10.4. The lowest BCUT2D eigenvalue weighted by molar-refractivity contribution is 0.0552. The van der Waals surface area contributed by atoms with Gasteiger partial charge in [-0.15, -0.1) is 0 Å². The Bertz CT molecular complexity index is 284. The van der Waals surface area contributed by atoms with Crippen molar-refractivity contribution in [2.45, 2.75) is 20.0 Å². The van der Waals surface area contributed by atoms with Crippen molar-refractivity contribution in [3.05, 3.63) is 24.3 Å². The smallest absolute Gasteiger partial charge is 0.123 e. The summed E-state index contributed by atoms with van der Waals surface area (Å²) in [6, 6.07) is 7.54. The summed E-state index contributed by atoms with van der Waals surface area (Å²) in [6.45, 7) is 5.18.